The number of nitrogens with zero attached hydrogens (tertiary/aromatic N) is 3. The number of aromatic nitrogens is 2. The van der Waals surface area contributed by atoms with E-state index in [4.69, 9.17) is 9.47 Å². The minimum absolute atomic E-state index is 0.169. The Labute approximate surface area is 268 Å². The van der Waals surface area contributed by atoms with Gasteiger partial charge in [0.05, 0.1) is 19.9 Å². The predicted octanol–water partition coefficient (Wildman–Crippen LogP) is 6.77. The third-order valence-electron chi connectivity index (χ3n) is 8.27. The molecule has 0 bridgehead atoms. The average molecular weight is 616 g/mol. The van der Waals surface area contributed by atoms with E-state index in [1.54, 1.807) is 56.8 Å². The molecule has 1 aliphatic heterocycles. The number of phenolic OH excluding ortho intramolecular Hbond substituents is 1. The Kier molecular flexibility index (Phi) is 9.12. The molecule has 0 radical (unpaired) electrons. The first-order chi connectivity index (χ1) is 22.4. The molecule has 46 heavy (non-hydrogen) atoms. The summed E-state index contributed by atoms with van der Waals surface area (Å²) in [6, 6.07) is 26.4. The highest BCUT2D eigenvalue weighted by Crippen LogP contribution is 2.33. The van der Waals surface area contributed by atoms with E-state index in [0.717, 1.165) is 66.5 Å². The van der Waals surface area contributed by atoms with Crippen molar-refractivity contribution in [3.63, 3.8) is 0 Å². The molecule has 3 N–H and O–H groups in total. The van der Waals surface area contributed by atoms with E-state index in [1.165, 1.54) is 16.7 Å². The van der Waals surface area contributed by atoms with E-state index in [0.29, 0.717) is 17.2 Å². The quantitative estimate of drug-likeness (QED) is 0.158. The molecule has 0 saturated heterocycles. The second kappa shape index (κ2) is 13.7. The molecule has 234 valence electrons. The summed E-state index contributed by atoms with van der Waals surface area (Å²) in [5, 5.41) is 16.1. The molecule has 0 atom stereocenters. The number of ether oxygens (including phenoxy) is 2. The number of carbonyl (C=O) groups excluding carboxylic acids is 1. The maximum absolute atomic E-state index is 13.2. The van der Waals surface area contributed by atoms with E-state index >= 15 is 0 Å². The van der Waals surface area contributed by atoms with Crippen LogP contribution in [0.4, 0.5) is 17.3 Å². The van der Waals surface area contributed by atoms with Crippen molar-refractivity contribution in [2.75, 3.05) is 37.9 Å². The largest absolute Gasteiger partial charge is 0.508 e. The number of anilines is 3. The van der Waals surface area contributed by atoms with Crippen molar-refractivity contribution in [2.24, 2.45) is 0 Å². The summed E-state index contributed by atoms with van der Waals surface area (Å²) in [5.74, 6) is 1.91. The molecule has 0 aliphatic carbocycles. The fourth-order valence-electron chi connectivity index (χ4n) is 5.64. The lowest BCUT2D eigenvalue weighted by atomic mass is 9.98. The van der Waals surface area contributed by atoms with Crippen LogP contribution in [0.5, 0.6) is 17.2 Å². The van der Waals surface area contributed by atoms with Crippen LogP contribution in [0.15, 0.2) is 91.1 Å². The van der Waals surface area contributed by atoms with Crippen molar-refractivity contribution in [3.05, 3.63) is 119 Å². The van der Waals surface area contributed by atoms with Gasteiger partial charge >= 0.3 is 0 Å². The van der Waals surface area contributed by atoms with Gasteiger partial charge in [0.1, 0.15) is 5.75 Å². The summed E-state index contributed by atoms with van der Waals surface area (Å²) in [6.07, 6.45) is 3.55. The summed E-state index contributed by atoms with van der Waals surface area (Å²) in [6.45, 7) is 4.78. The van der Waals surface area contributed by atoms with Crippen LogP contribution in [0.3, 0.4) is 0 Å². The number of aryl methyl sites for hydroxylation is 1. The highest BCUT2D eigenvalue weighted by atomic mass is 16.5. The molecule has 1 aliphatic rings. The van der Waals surface area contributed by atoms with Crippen molar-refractivity contribution in [1.82, 2.24) is 14.9 Å². The molecular weight excluding hydrogens is 578 g/mol. The van der Waals surface area contributed by atoms with Crippen LogP contribution in [0.25, 0.3) is 11.3 Å². The maximum atomic E-state index is 13.2. The molecule has 9 heteroatoms. The molecule has 0 unspecified atom stereocenters. The van der Waals surface area contributed by atoms with Gasteiger partial charge in [-0.25, -0.2) is 9.97 Å². The molecule has 1 amide bonds. The smallest absolute Gasteiger partial charge is 0.255 e. The van der Waals surface area contributed by atoms with Crippen LogP contribution in [-0.2, 0) is 19.4 Å². The topological polar surface area (TPSA) is 109 Å². The zero-order chi connectivity index (χ0) is 32.0. The van der Waals surface area contributed by atoms with Crippen LogP contribution in [0.2, 0.25) is 0 Å². The first kappa shape index (κ1) is 30.6. The minimum Gasteiger partial charge on any atom is -0.508 e. The van der Waals surface area contributed by atoms with Crippen LogP contribution in [-0.4, -0.2) is 53.2 Å². The lowest BCUT2D eigenvalue weighted by molar-refractivity contribution is 0.102. The van der Waals surface area contributed by atoms with E-state index < -0.39 is 0 Å². The molecule has 5 aromatic rings. The van der Waals surface area contributed by atoms with E-state index in [1.807, 2.05) is 31.2 Å². The van der Waals surface area contributed by atoms with Crippen LogP contribution in [0, 0.1) is 6.92 Å². The fourth-order valence-corrected chi connectivity index (χ4v) is 5.64. The summed E-state index contributed by atoms with van der Waals surface area (Å²) >= 11 is 0. The summed E-state index contributed by atoms with van der Waals surface area (Å²) in [4.78, 5) is 24.6. The number of fused-ring (bicyclic) bond motifs is 1. The number of aromatic hydroxyl groups is 1. The van der Waals surface area contributed by atoms with Gasteiger partial charge in [-0.2, -0.15) is 0 Å². The third-order valence-corrected chi connectivity index (χ3v) is 8.27. The second-order valence-corrected chi connectivity index (χ2v) is 11.4. The second-order valence-electron chi connectivity index (χ2n) is 11.4. The SMILES string of the molecule is COc1cc2c(cc1OC)CN(CCc1ccc(NC(=O)c3ccc(C)c(Nc4nccc(-c5cccc(O)c5)n4)c3)cc1)CC2. The molecule has 0 fully saturated rings. The molecule has 0 spiro atoms. The molecule has 9 nitrogen and oxygen atoms in total. The van der Waals surface area contributed by atoms with Gasteiger partial charge in [0, 0.05) is 48.3 Å². The first-order valence-corrected chi connectivity index (χ1v) is 15.2. The fraction of sp³-hybridized carbons (Fsp3) is 0.216. The number of hydrogen-bond acceptors (Lipinski definition) is 8. The van der Waals surface area contributed by atoms with E-state index in [-0.39, 0.29) is 11.7 Å². The predicted molar refractivity (Wildman–Crippen MR) is 180 cm³/mol. The Morgan fingerprint density at radius 2 is 1.72 bits per heavy atom. The van der Waals surface area contributed by atoms with Gasteiger partial charge in [0.2, 0.25) is 5.95 Å². The standard InChI is InChI=1S/C37H37N5O4/c1-24-7-10-28(20-33(24)41-37-38-16-13-32(40-37)27-5-4-6-31(43)19-27)36(44)39-30-11-8-25(9-12-30)14-17-42-18-15-26-21-34(45-2)35(46-3)22-29(26)23-42/h4-13,16,19-22,43H,14-15,17-18,23H2,1-3H3,(H,39,44)(H,38,40,41). The van der Waals surface area contributed by atoms with Crippen LogP contribution >= 0.6 is 0 Å². The number of rotatable bonds is 10. The highest BCUT2D eigenvalue weighted by molar-refractivity contribution is 6.05. The Balaban J connectivity index is 1.05. The lowest BCUT2D eigenvalue weighted by Gasteiger charge is -2.29. The zero-order valence-electron chi connectivity index (χ0n) is 26.2. The molecule has 2 heterocycles. The minimum atomic E-state index is -0.204. The monoisotopic (exact) mass is 615 g/mol. The van der Waals surface area contributed by atoms with Gasteiger partial charge in [-0.1, -0.05) is 30.3 Å². The first-order valence-electron chi connectivity index (χ1n) is 15.2. The van der Waals surface area contributed by atoms with Crippen LogP contribution < -0.4 is 20.1 Å². The number of amides is 1. The van der Waals surface area contributed by atoms with Gasteiger partial charge in [-0.15, -0.1) is 0 Å². The molecule has 1 aromatic heterocycles. The van der Waals surface area contributed by atoms with Crippen molar-refractivity contribution in [1.29, 1.82) is 0 Å². The molecule has 6 rings (SSSR count). The van der Waals surface area contributed by atoms with Crippen molar-refractivity contribution < 1.29 is 19.4 Å². The number of nitrogens with one attached hydrogen (secondary N) is 2. The lowest BCUT2D eigenvalue weighted by Crippen LogP contribution is -2.32. The van der Waals surface area contributed by atoms with E-state index in [2.05, 4.69) is 49.8 Å². The Morgan fingerprint density at radius 1 is 0.935 bits per heavy atom. The van der Waals surface area contributed by atoms with Gasteiger partial charge in [0.15, 0.2) is 11.5 Å². The number of phenols is 1. The number of hydrogen-bond donors (Lipinski definition) is 3. The number of methoxy groups -OCH3 is 2. The van der Waals surface area contributed by atoms with Crippen molar-refractivity contribution in [3.8, 4) is 28.5 Å². The molecular formula is C37H37N5O4. The van der Waals surface area contributed by atoms with Crippen molar-refractivity contribution in [2.45, 2.75) is 26.3 Å². The molecule has 0 saturated carbocycles. The number of benzene rings is 4. The Hall–Kier alpha value is -5.41. The average Bonchev–Trinajstić information content (AvgIpc) is 3.08. The van der Waals surface area contributed by atoms with Gasteiger partial charge in [0.25, 0.3) is 5.91 Å². The zero-order valence-corrected chi connectivity index (χ0v) is 26.2. The summed E-state index contributed by atoms with van der Waals surface area (Å²) in [7, 11) is 3.34. The Morgan fingerprint density at radius 3 is 2.48 bits per heavy atom. The summed E-state index contributed by atoms with van der Waals surface area (Å²) in [5.41, 5.74) is 8.19. The Bertz CT molecular complexity index is 1860. The van der Waals surface area contributed by atoms with E-state index in [9.17, 15) is 9.90 Å². The summed E-state index contributed by atoms with van der Waals surface area (Å²) < 4.78 is 11.0. The van der Waals surface area contributed by atoms with Gasteiger partial charge in [-0.3, -0.25) is 9.69 Å². The van der Waals surface area contributed by atoms with Crippen molar-refractivity contribution >= 4 is 23.2 Å². The highest BCUT2D eigenvalue weighted by Gasteiger charge is 2.19. The van der Waals surface area contributed by atoms with Gasteiger partial charge in [-0.05, 0) is 96.6 Å². The number of carbonyl (C=O) groups is 1. The van der Waals surface area contributed by atoms with Gasteiger partial charge < -0.3 is 25.2 Å². The normalized spacial score (nSPS) is 12.7. The van der Waals surface area contributed by atoms with Crippen LogP contribution in [0.1, 0.15) is 32.6 Å². The molecule has 4 aromatic carbocycles. The third kappa shape index (κ3) is 7.11. The maximum Gasteiger partial charge on any atom is 0.255 e.